The minimum Gasteiger partial charge on any atom is -0.354 e. The lowest BCUT2D eigenvalue weighted by Gasteiger charge is -2.36. The Morgan fingerprint density at radius 1 is 0.963 bits per heavy atom. The van der Waals surface area contributed by atoms with Crippen LogP contribution in [0.3, 0.4) is 0 Å². The van der Waals surface area contributed by atoms with Crippen LogP contribution < -0.4 is 10.6 Å². The summed E-state index contributed by atoms with van der Waals surface area (Å²) in [5.41, 5.74) is 3.14. The van der Waals surface area contributed by atoms with Crippen molar-refractivity contribution in [3.05, 3.63) is 53.3 Å². The molecular formula is C22H29N3O2. The first-order chi connectivity index (χ1) is 13.0. The van der Waals surface area contributed by atoms with Crippen molar-refractivity contribution in [3.63, 3.8) is 0 Å². The molecular weight excluding hydrogens is 338 g/mol. The van der Waals surface area contributed by atoms with E-state index in [1.165, 1.54) is 0 Å². The smallest absolute Gasteiger partial charge is 0.252 e. The van der Waals surface area contributed by atoms with Gasteiger partial charge in [0.2, 0.25) is 5.91 Å². The number of aromatic nitrogens is 1. The van der Waals surface area contributed by atoms with Gasteiger partial charge < -0.3 is 15.2 Å². The SMILES string of the molecule is CCNC(=O)C1(NC(=O)c2ccc(-n3c(C)ccc3C)cc2)CCCCC1. The summed E-state index contributed by atoms with van der Waals surface area (Å²) in [5.74, 6) is -0.246. The molecule has 1 saturated carbocycles. The molecule has 1 aliphatic rings. The van der Waals surface area contributed by atoms with E-state index in [1.807, 2.05) is 31.2 Å². The molecule has 0 aliphatic heterocycles. The van der Waals surface area contributed by atoms with Gasteiger partial charge in [-0.1, -0.05) is 19.3 Å². The minimum atomic E-state index is -0.780. The molecule has 5 nitrogen and oxygen atoms in total. The van der Waals surface area contributed by atoms with E-state index in [9.17, 15) is 9.59 Å². The Morgan fingerprint density at radius 3 is 2.11 bits per heavy atom. The van der Waals surface area contributed by atoms with Crippen molar-refractivity contribution < 1.29 is 9.59 Å². The van der Waals surface area contributed by atoms with E-state index in [0.717, 1.165) is 36.3 Å². The Hall–Kier alpha value is -2.56. The fourth-order valence-electron chi connectivity index (χ4n) is 4.02. The van der Waals surface area contributed by atoms with Crippen LogP contribution in [0.25, 0.3) is 5.69 Å². The van der Waals surface area contributed by atoms with Crippen LogP contribution >= 0.6 is 0 Å². The standard InChI is InChI=1S/C22H29N3O2/c1-4-23-21(27)22(14-6-5-7-15-22)24-20(26)18-10-12-19(13-11-18)25-16(2)8-9-17(25)3/h8-13H,4-7,14-15H2,1-3H3,(H,23,27)(H,24,26). The molecule has 0 spiro atoms. The third-order valence-electron chi connectivity index (χ3n) is 5.49. The number of nitrogens with one attached hydrogen (secondary N) is 2. The lowest BCUT2D eigenvalue weighted by molar-refractivity contribution is -0.128. The first kappa shape index (κ1) is 19.2. The molecule has 1 aliphatic carbocycles. The zero-order valence-corrected chi connectivity index (χ0v) is 16.5. The van der Waals surface area contributed by atoms with Crippen LogP contribution in [0.2, 0.25) is 0 Å². The first-order valence-electron chi connectivity index (χ1n) is 9.83. The number of amides is 2. The van der Waals surface area contributed by atoms with Crippen LogP contribution in [0.4, 0.5) is 0 Å². The van der Waals surface area contributed by atoms with Crippen molar-refractivity contribution in [2.24, 2.45) is 0 Å². The fourth-order valence-corrected chi connectivity index (χ4v) is 4.02. The molecule has 2 aromatic rings. The number of rotatable bonds is 5. The zero-order chi connectivity index (χ0) is 19.4. The number of nitrogens with zero attached hydrogens (tertiary/aromatic N) is 1. The Balaban J connectivity index is 1.79. The van der Waals surface area contributed by atoms with E-state index < -0.39 is 5.54 Å². The van der Waals surface area contributed by atoms with Crippen LogP contribution in [0.1, 0.15) is 60.8 Å². The van der Waals surface area contributed by atoms with Gasteiger partial charge in [0.25, 0.3) is 5.91 Å². The third kappa shape index (κ3) is 3.92. The molecule has 1 aromatic heterocycles. The first-order valence-corrected chi connectivity index (χ1v) is 9.83. The summed E-state index contributed by atoms with van der Waals surface area (Å²) in [6, 6.07) is 11.7. The summed E-state index contributed by atoms with van der Waals surface area (Å²) >= 11 is 0. The maximum Gasteiger partial charge on any atom is 0.252 e. The van der Waals surface area contributed by atoms with Crippen molar-refractivity contribution in [1.29, 1.82) is 0 Å². The summed E-state index contributed by atoms with van der Waals surface area (Å²) in [4.78, 5) is 25.5. The van der Waals surface area contributed by atoms with Crippen LogP contribution in [-0.4, -0.2) is 28.5 Å². The average Bonchev–Trinajstić information content (AvgIpc) is 3.01. The Morgan fingerprint density at radius 2 is 1.56 bits per heavy atom. The molecule has 0 radical (unpaired) electrons. The van der Waals surface area contributed by atoms with E-state index in [0.29, 0.717) is 24.9 Å². The number of hydrogen-bond donors (Lipinski definition) is 2. The van der Waals surface area contributed by atoms with Crippen LogP contribution in [-0.2, 0) is 4.79 Å². The summed E-state index contributed by atoms with van der Waals surface area (Å²) in [6.45, 7) is 6.60. The van der Waals surface area contributed by atoms with E-state index in [1.54, 1.807) is 0 Å². The van der Waals surface area contributed by atoms with Crippen LogP contribution in [0.5, 0.6) is 0 Å². The molecule has 144 valence electrons. The summed E-state index contributed by atoms with van der Waals surface area (Å²) in [6.07, 6.45) is 4.43. The predicted octanol–water partition coefficient (Wildman–Crippen LogP) is 3.66. The highest BCUT2D eigenvalue weighted by Crippen LogP contribution is 2.29. The number of aryl methyl sites for hydroxylation is 2. The molecule has 0 atom stereocenters. The maximum atomic E-state index is 12.9. The van der Waals surface area contributed by atoms with E-state index >= 15 is 0 Å². The van der Waals surface area contributed by atoms with Crippen LogP contribution in [0, 0.1) is 13.8 Å². The Labute approximate surface area is 161 Å². The Bertz CT molecular complexity index is 795. The van der Waals surface area contributed by atoms with Gasteiger partial charge in [0.15, 0.2) is 0 Å². The second-order valence-corrected chi connectivity index (χ2v) is 7.45. The number of carbonyl (C=O) groups is 2. The summed E-state index contributed by atoms with van der Waals surface area (Å²) in [7, 11) is 0. The van der Waals surface area contributed by atoms with Gasteiger partial charge >= 0.3 is 0 Å². The van der Waals surface area contributed by atoms with Crippen molar-refractivity contribution in [2.75, 3.05) is 6.54 Å². The van der Waals surface area contributed by atoms with Gasteiger partial charge in [-0.3, -0.25) is 9.59 Å². The summed E-state index contributed by atoms with van der Waals surface area (Å²) < 4.78 is 2.15. The molecule has 2 N–H and O–H groups in total. The molecule has 0 saturated heterocycles. The number of carbonyl (C=O) groups excluding carboxylic acids is 2. The van der Waals surface area contributed by atoms with Crippen molar-refractivity contribution in [1.82, 2.24) is 15.2 Å². The highest BCUT2D eigenvalue weighted by molar-refractivity contribution is 5.99. The normalized spacial score (nSPS) is 16.0. The molecule has 0 bridgehead atoms. The van der Waals surface area contributed by atoms with Gasteiger partial charge in [0.05, 0.1) is 0 Å². The highest BCUT2D eigenvalue weighted by atomic mass is 16.2. The topological polar surface area (TPSA) is 63.1 Å². The molecule has 3 rings (SSSR count). The largest absolute Gasteiger partial charge is 0.354 e. The fraction of sp³-hybridized carbons (Fsp3) is 0.455. The summed E-state index contributed by atoms with van der Waals surface area (Å²) in [5, 5.41) is 5.95. The predicted molar refractivity (Wildman–Crippen MR) is 107 cm³/mol. The highest BCUT2D eigenvalue weighted by Gasteiger charge is 2.40. The van der Waals surface area contributed by atoms with Crippen molar-refractivity contribution in [3.8, 4) is 5.69 Å². The average molecular weight is 367 g/mol. The molecule has 27 heavy (non-hydrogen) atoms. The van der Waals surface area contributed by atoms with Gasteiger partial charge in [-0.05, 0) is 70.0 Å². The zero-order valence-electron chi connectivity index (χ0n) is 16.5. The van der Waals surface area contributed by atoms with Gasteiger partial charge in [-0.15, -0.1) is 0 Å². The van der Waals surface area contributed by atoms with E-state index in [-0.39, 0.29) is 11.8 Å². The second kappa shape index (κ2) is 7.99. The molecule has 0 unspecified atom stereocenters. The third-order valence-corrected chi connectivity index (χ3v) is 5.49. The molecule has 1 fully saturated rings. The lowest BCUT2D eigenvalue weighted by atomic mass is 9.80. The van der Waals surface area contributed by atoms with Crippen molar-refractivity contribution >= 4 is 11.8 Å². The number of hydrogen-bond acceptors (Lipinski definition) is 2. The number of likely N-dealkylation sites (N-methyl/N-ethyl adjacent to an activating group) is 1. The lowest BCUT2D eigenvalue weighted by Crippen LogP contribution is -2.59. The van der Waals surface area contributed by atoms with Gasteiger partial charge in [0, 0.05) is 29.2 Å². The van der Waals surface area contributed by atoms with Crippen molar-refractivity contribution in [2.45, 2.75) is 58.4 Å². The minimum absolute atomic E-state index is 0.0618. The maximum absolute atomic E-state index is 12.9. The van der Waals surface area contributed by atoms with Crippen LogP contribution in [0.15, 0.2) is 36.4 Å². The molecule has 1 aromatic carbocycles. The van der Waals surface area contributed by atoms with Gasteiger partial charge in [-0.25, -0.2) is 0 Å². The van der Waals surface area contributed by atoms with E-state index in [4.69, 9.17) is 0 Å². The van der Waals surface area contributed by atoms with E-state index in [2.05, 4.69) is 41.2 Å². The molecule has 5 heteroatoms. The quantitative estimate of drug-likeness (QED) is 0.847. The molecule has 2 amide bonds. The van der Waals surface area contributed by atoms with Gasteiger partial charge in [0.1, 0.15) is 5.54 Å². The second-order valence-electron chi connectivity index (χ2n) is 7.45. The Kier molecular flexibility index (Phi) is 5.68. The molecule has 1 heterocycles. The number of benzene rings is 1. The van der Waals surface area contributed by atoms with Gasteiger partial charge in [-0.2, -0.15) is 0 Å². The monoisotopic (exact) mass is 367 g/mol.